The fourth-order valence-electron chi connectivity index (χ4n) is 3.15. The molecule has 0 unspecified atom stereocenters. The Hall–Kier alpha value is -3.61. The monoisotopic (exact) mass is 403 g/mol. The molecule has 0 bridgehead atoms. The van der Waals surface area contributed by atoms with Crippen molar-refractivity contribution in [3.05, 3.63) is 71.9 Å². The molecule has 2 aromatic carbocycles. The minimum absolute atomic E-state index is 0.0194. The van der Waals surface area contributed by atoms with Crippen LogP contribution in [0.25, 0.3) is 0 Å². The molecule has 2 amide bonds. The molecule has 0 spiro atoms. The number of benzene rings is 2. The fraction of sp³-hybridized carbons (Fsp3) is 0.261. The van der Waals surface area contributed by atoms with Crippen molar-refractivity contribution in [2.45, 2.75) is 19.4 Å². The van der Waals surface area contributed by atoms with Gasteiger partial charge in [0.2, 0.25) is 5.91 Å². The molecule has 2 N–H and O–H groups in total. The summed E-state index contributed by atoms with van der Waals surface area (Å²) >= 11 is 0. The van der Waals surface area contributed by atoms with Crippen LogP contribution in [0.4, 0.5) is 17.2 Å². The summed E-state index contributed by atoms with van der Waals surface area (Å²) in [6, 6.07) is 16.9. The molecule has 7 nitrogen and oxygen atoms in total. The molecule has 154 valence electrons. The largest absolute Gasteiger partial charge is 0.378 e. The standard InChI is InChI=1S/C23H25N5O2/c1-27(2)20-10-6-16(7-11-20)15-28-21(12-13-24-28)26-23(30)18-4-3-5-19(14-18)25-22(29)17-8-9-17/h3-7,10-14,17H,8-9,15H2,1-2H3,(H,25,29)(H,26,30). The smallest absolute Gasteiger partial charge is 0.256 e. The van der Waals surface area contributed by atoms with E-state index in [4.69, 9.17) is 0 Å². The molecule has 0 atom stereocenters. The fourth-order valence-corrected chi connectivity index (χ4v) is 3.15. The van der Waals surface area contributed by atoms with Gasteiger partial charge in [0, 0.05) is 43.0 Å². The van der Waals surface area contributed by atoms with Crippen LogP contribution in [0.1, 0.15) is 28.8 Å². The second-order valence-electron chi connectivity index (χ2n) is 7.73. The minimum Gasteiger partial charge on any atom is -0.378 e. The highest BCUT2D eigenvalue weighted by molar-refractivity contribution is 6.05. The van der Waals surface area contributed by atoms with E-state index < -0.39 is 0 Å². The molecule has 1 saturated carbocycles. The first-order valence-electron chi connectivity index (χ1n) is 10.00. The Kier molecular flexibility index (Phi) is 5.52. The lowest BCUT2D eigenvalue weighted by Crippen LogP contribution is -2.17. The number of carbonyl (C=O) groups is 2. The van der Waals surface area contributed by atoms with Gasteiger partial charge in [0.25, 0.3) is 5.91 Å². The summed E-state index contributed by atoms with van der Waals surface area (Å²) in [6.07, 6.45) is 3.54. The van der Waals surface area contributed by atoms with Crippen molar-refractivity contribution in [3.8, 4) is 0 Å². The van der Waals surface area contributed by atoms with E-state index in [9.17, 15) is 9.59 Å². The molecule has 4 rings (SSSR count). The van der Waals surface area contributed by atoms with E-state index in [1.165, 1.54) is 0 Å². The Morgan fingerprint density at radius 1 is 1.07 bits per heavy atom. The number of hydrogen-bond acceptors (Lipinski definition) is 4. The van der Waals surface area contributed by atoms with Crippen LogP contribution in [0.5, 0.6) is 0 Å². The Bertz CT molecular complexity index is 1050. The van der Waals surface area contributed by atoms with Crippen molar-refractivity contribution < 1.29 is 9.59 Å². The molecule has 1 fully saturated rings. The summed E-state index contributed by atoms with van der Waals surface area (Å²) in [4.78, 5) is 26.8. The highest BCUT2D eigenvalue weighted by Gasteiger charge is 2.29. The molecular formula is C23H25N5O2. The third-order valence-corrected chi connectivity index (χ3v) is 5.08. The third-order valence-electron chi connectivity index (χ3n) is 5.08. The maximum atomic E-state index is 12.8. The average molecular weight is 403 g/mol. The molecule has 1 aliphatic carbocycles. The van der Waals surface area contributed by atoms with Crippen LogP contribution in [0.3, 0.4) is 0 Å². The lowest BCUT2D eigenvalue weighted by atomic mass is 10.2. The Balaban J connectivity index is 1.43. The van der Waals surface area contributed by atoms with Crippen LogP contribution in [0.2, 0.25) is 0 Å². The molecule has 1 heterocycles. The first-order valence-corrected chi connectivity index (χ1v) is 10.00. The maximum Gasteiger partial charge on any atom is 0.256 e. The summed E-state index contributed by atoms with van der Waals surface area (Å²) in [5.41, 5.74) is 3.33. The van der Waals surface area contributed by atoms with E-state index in [1.54, 1.807) is 41.2 Å². The van der Waals surface area contributed by atoms with Crippen molar-refractivity contribution in [1.82, 2.24) is 9.78 Å². The minimum atomic E-state index is -0.248. The van der Waals surface area contributed by atoms with Crippen LogP contribution in [0, 0.1) is 5.92 Å². The summed E-state index contributed by atoms with van der Waals surface area (Å²) in [7, 11) is 4.00. The summed E-state index contributed by atoms with van der Waals surface area (Å²) in [5, 5.41) is 10.1. The van der Waals surface area contributed by atoms with Crippen LogP contribution >= 0.6 is 0 Å². The molecule has 30 heavy (non-hydrogen) atoms. The van der Waals surface area contributed by atoms with E-state index in [0.717, 1.165) is 24.1 Å². The SMILES string of the molecule is CN(C)c1ccc(Cn2nccc2NC(=O)c2cccc(NC(=O)C3CC3)c2)cc1. The van der Waals surface area contributed by atoms with E-state index in [0.29, 0.717) is 23.6 Å². The van der Waals surface area contributed by atoms with E-state index >= 15 is 0 Å². The van der Waals surface area contributed by atoms with Crippen LogP contribution in [-0.2, 0) is 11.3 Å². The van der Waals surface area contributed by atoms with Gasteiger partial charge in [0.1, 0.15) is 5.82 Å². The second kappa shape index (κ2) is 8.41. The van der Waals surface area contributed by atoms with Gasteiger partial charge in [-0.1, -0.05) is 18.2 Å². The average Bonchev–Trinajstić information content (AvgIpc) is 3.51. The zero-order valence-corrected chi connectivity index (χ0v) is 17.1. The van der Waals surface area contributed by atoms with Gasteiger partial charge >= 0.3 is 0 Å². The van der Waals surface area contributed by atoms with Gasteiger partial charge < -0.3 is 15.5 Å². The van der Waals surface area contributed by atoms with Gasteiger partial charge in [-0.2, -0.15) is 5.10 Å². The second-order valence-corrected chi connectivity index (χ2v) is 7.73. The normalized spacial score (nSPS) is 13.0. The number of hydrogen-bond donors (Lipinski definition) is 2. The van der Waals surface area contributed by atoms with Gasteiger partial charge in [-0.3, -0.25) is 9.59 Å². The predicted molar refractivity (Wildman–Crippen MR) is 118 cm³/mol. The Labute approximate surface area is 175 Å². The van der Waals surface area contributed by atoms with E-state index in [-0.39, 0.29) is 17.7 Å². The lowest BCUT2D eigenvalue weighted by Gasteiger charge is -2.13. The summed E-state index contributed by atoms with van der Waals surface area (Å²) < 4.78 is 1.75. The molecule has 1 aromatic heterocycles. The van der Waals surface area contributed by atoms with Crippen LogP contribution < -0.4 is 15.5 Å². The van der Waals surface area contributed by atoms with Gasteiger partial charge in [-0.15, -0.1) is 0 Å². The number of nitrogens with one attached hydrogen (secondary N) is 2. The Morgan fingerprint density at radius 2 is 1.83 bits per heavy atom. The zero-order chi connectivity index (χ0) is 21.1. The first-order chi connectivity index (χ1) is 14.5. The van der Waals surface area contributed by atoms with E-state index in [2.05, 4.69) is 40.0 Å². The third kappa shape index (κ3) is 4.68. The maximum absolute atomic E-state index is 12.8. The van der Waals surface area contributed by atoms with Crippen LogP contribution in [0.15, 0.2) is 60.8 Å². The molecule has 7 heteroatoms. The first kappa shape index (κ1) is 19.7. The predicted octanol–water partition coefficient (Wildman–Crippen LogP) is 3.60. The summed E-state index contributed by atoms with van der Waals surface area (Å²) in [6.45, 7) is 0.549. The lowest BCUT2D eigenvalue weighted by molar-refractivity contribution is -0.117. The molecular weight excluding hydrogens is 378 g/mol. The molecule has 3 aromatic rings. The van der Waals surface area contributed by atoms with Crippen molar-refractivity contribution in [3.63, 3.8) is 0 Å². The van der Waals surface area contributed by atoms with E-state index in [1.807, 2.05) is 19.0 Å². The number of amides is 2. The highest BCUT2D eigenvalue weighted by Crippen LogP contribution is 2.30. The molecule has 1 aliphatic rings. The zero-order valence-electron chi connectivity index (χ0n) is 17.1. The molecule has 0 radical (unpaired) electrons. The Morgan fingerprint density at radius 3 is 2.53 bits per heavy atom. The van der Waals surface area contributed by atoms with Gasteiger partial charge in [-0.25, -0.2) is 4.68 Å². The molecule has 0 saturated heterocycles. The van der Waals surface area contributed by atoms with Crippen molar-refractivity contribution >= 4 is 29.0 Å². The van der Waals surface area contributed by atoms with Gasteiger partial charge in [-0.05, 0) is 48.7 Å². The number of rotatable bonds is 7. The van der Waals surface area contributed by atoms with Crippen molar-refractivity contribution in [1.29, 1.82) is 0 Å². The van der Waals surface area contributed by atoms with Crippen LogP contribution in [-0.4, -0.2) is 35.7 Å². The van der Waals surface area contributed by atoms with Crippen molar-refractivity contribution in [2.75, 3.05) is 29.6 Å². The van der Waals surface area contributed by atoms with Crippen molar-refractivity contribution in [2.24, 2.45) is 5.92 Å². The number of carbonyl (C=O) groups excluding carboxylic acids is 2. The number of aromatic nitrogens is 2. The van der Waals surface area contributed by atoms with Gasteiger partial charge in [0.15, 0.2) is 0 Å². The number of nitrogens with zero attached hydrogens (tertiary/aromatic N) is 3. The molecule has 0 aliphatic heterocycles. The van der Waals surface area contributed by atoms with Gasteiger partial charge in [0.05, 0.1) is 12.7 Å². The quantitative estimate of drug-likeness (QED) is 0.632. The summed E-state index contributed by atoms with van der Waals surface area (Å²) in [5.74, 6) is 0.501. The highest BCUT2D eigenvalue weighted by atomic mass is 16.2. The number of anilines is 3. The topological polar surface area (TPSA) is 79.3 Å².